The topological polar surface area (TPSA) is 55.3 Å². The minimum absolute atomic E-state index is 0.215. The van der Waals surface area contributed by atoms with Gasteiger partial charge in [0.2, 0.25) is 0 Å². The summed E-state index contributed by atoms with van der Waals surface area (Å²) >= 11 is 4.76. The Morgan fingerprint density at radius 1 is 1.43 bits per heavy atom. The van der Waals surface area contributed by atoms with Crippen molar-refractivity contribution in [3.05, 3.63) is 35.4 Å². The Morgan fingerprint density at radius 3 is 2.64 bits per heavy atom. The Balaban J connectivity index is 2.71. The van der Waals surface area contributed by atoms with E-state index in [2.05, 4.69) is 19.1 Å². The van der Waals surface area contributed by atoms with Crippen molar-refractivity contribution in [2.75, 3.05) is 0 Å². The molecule has 1 rings (SSSR count). The second-order valence-electron chi connectivity index (χ2n) is 3.14. The van der Waals surface area contributed by atoms with Gasteiger partial charge in [-0.2, -0.15) is 0 Å². The third-order valence-corrected chi connectivity index (χ3v) is 2.27. The van der Waals surface area contributed by atoms with Crippen molar-refractivity contribution in [2.24, 2.45) is 11.6 Å². The van der Waals surface area contributed by atoms with E-state index in [-0.39, 0.29) is 5.11 Å². The molecule has 14 heavy (non-hydrogen) atoms. The van der Waals surface area contributed by atoms with Crippen molar-refractivity contribution in [2.45, 2.75) is 19.9 Å². The van der Waals surface area contributed by atoms with Crippen LogP contribution in [0.15, 0.2) is 24.3 Å². The summed E-state index contributed by atoms with van der Waals surface area (Å²) in [6, 6.07) is 8.22. The van der Waals surface area contributed by atoms with E-state index in [1.807, 2.05) is 12.1 Å². The molecular formula is C10H15N3S. The molecule has 1 aromatic rings. The van der Waals surface area contributed by atoms with Crippen LogP contribution in [0.2, 0.25) is 0 Å². The standard InChI is InChI=1S/C10H15N3S/c1-2-8-4-3-5-9(6-8)7-13(12)10(11)14/h3-6H,2,7,12H2,1H3,(H2,11,14). The highest BCUT2D eigenvalue weighted by Crippen LogP contribution is 2.07. The van der Waals surface area contributed by atoms with E-state index in [1.165, 1.54) is 10.6 Å². The Morgan fingerprint density at radius 2 is 2.07 bits per heavy atom. The third-order valence-electron chi connectivity index (χ3n) is 2.04. The third kappa shape index (κ3) is 2.97. The van der Waals surface area contributed by atoms with Gasteiger partial charge in [0.1, 0.15) is 0 Å². The largest absolute Gasteiger partial charge is 0.375 e. The summed E-state index contributed by atoms with van der Waals surface area (Å²) in [7, 11) is 0. The maximum Gasteiger partial charge on any atom is 0.180 e. The van der Waals surface area contributed by atoms with Crippen LogP contribution >= 0.6 is 12.2 Å². The van der Waals surface area contributed by atoms with Gasteiger partial charge in [-0.25, -0.2) is 5.84 Å². The molecule has 0 spiro atoms. The Labute approximate surface area is 89.7 Å². The fourth-order valence-corrected chi connectivity index (χ4v) is 1.29. The quantitative estimate of drug-likeness (QED) is 0.446. The highest BCUT2D eigenvalue weighted by molar-refractivity contribution is 7.80. The van der Waals surface area contributed by atoms with E-state index in [4.69, 9.17) is 23.8 Å². The molecule has 0 fully saturated rings. The molecular weight excluding hydrogens is 194 g/mol. The van der Waals surface area contributed by atoms with Crippen LogP contribution in [0, 0.1) is 0 Å². The van der Waals surface area contributed by atoms with Crippen LogP contribution in [0.25, 0.3) is 0 Å². The average molecular weight is 209 g/mol. The number of rotatable bonds is 3. The Kier molecular flexibility index (Phi) is 3.85. The van der Waals surface area contributed by atoms with Crippen molar-refractivity contribution in [1.82, 2.24) is 5.01 Å². The van der Waals surface area contributed by atoms with Crippen LogP contribution in [-0.4, -0.2) is 10.1 Å². The molecule has 0 bridgehead atoms. The number of benzene rings is 1. The van der Waals surface area contributed by atoms with Gasteiger partial charge < -0.3 is 5.73 Å². The van der Waals surface area contributed by atoms with E-state index < -0.39 is 0 Å². The lowest BCUT2D eigenvalue weighted by Gasteiger charge is -2.16. The van der Waals surface area contributed by atoms with Crippen LogP contribution in [0.5, 0.6) is 0 Å². The lowest BCUT2D eigenvalue weighted by atomic mass is 10.1. The first-order valence-corrected chi connectivity index (χ1v) is 4.93. The zero-order valence-corrected chi connectivity index (χ0v) is 9.05. The maximum absolute atomic E-state index is 5.61. The summed E-state index contributed by atoms with van der Waals surface area (Å²) < 4.78 is 0. The molecule has 0 amide bonds. The SMILES string of the molecule is CCc1cccc(CN(N)C(N)=S)c1. The van der Waals surface area contributed by atoms with Gasteiger partial charge in [0.05, 0.1) is 6.54 Å². The van der Waals surface area contributed by atoms with E-state index in [1.54, 1.807) is 0 Å². The summed E-state index contributed by atoms with van der Waals surface area (Å²) in [6.45, 7) is 2.68. The monoisotopic (exact) mass is 209 g/mol. The molecule has 0 heterocycles. The van der Waals surface area contributed by atoms with E-state index >= 15 is 0 Å². The first-order valence-electron chi connectivity index (χ1n) is 4.53. The number of nitrogens with zero attached hydrogens (tertiary/aromatic N) is 1. The van der Waals surface area contributed by atoms with Gasteiger partial charge in [-0.05, 0) is 29.8 Å². The van der Waals surface area contributed by atoms with Gasteiger partial charge in [0.25, 0.3) is 0 Å². The molecule has 0 aliphatic rings. The van der Waals surface area contributed by atoms with Crippen LogP contribution in [-0.2, 0) is 13.0 Å². The number of hydrogen-bond acceptors (Lipinski definition) is 2. The highest BCUT2D eigenvalue weighted by Gasteiger charge is 2.01. The number of nitrogens with two attached hydrogens (primary N) is 2. The van der Waals surface area contributed by atoms with E-state index in [0.29, 0.717) is 6.54 Å². The molecule has 76 valence electrons. The van der Waals surface area contributed by atoms with Crippen molar-refractivity contribution >= 4 is 17.3 Å². The van der Waals surface area contributed by atoms with E-state index in [0.717, 1.165) is 12.0 Å². The van der Waals surface area contributed by atoms with Gasteiger partial charge in [-0.1, -0.05) is 31.2 Å². The molecule has 3 nitrogen and oxygen atoms in total. The number of aryl methyl sites for hydroxylation is 1. The lowest BCUT2D eigenvalue weighted by molar-refractivity contribution is 0.437. The molecule has 0 aromatic heterocycles. The van der Waals surface area contributed by atoms with Gasteiger partial charge in [-0.15, -0.1) is 0 Å². The van der Waals surface area contributed by atoms with Gasteiger partial charge in [0, 0.05) is 0 Å². The second-order valence-corrected chi connectivity index (χ2v) is 3.56. The second kappa shape index (κ2) is 4.93. The smallest absolute Gasteiger partial charge is 0.180 e. The predicted octanol–water partition coefficient (Wildman–Crippen LogP) is 1.17. The van der Waals surface area contributed by atoms with Crippen molar-refractivity contribution < 1.29 is 0 Å². The molecule has 0 radical (unpaired) electrons. The highest BCUT2D eigenvalue weighted by atomic mass is 32.1. The first kappa shape index (κ1) is 10.9. The lowest BCUT2D eigenvalue weighted by Crippen LogP contribution is -2.40. The summed E-state index contributed by atoms with van der Waals surface area (Å²) in [5, 5.41) is 1.58. The molecule has 0 unspecified atom stereocenters. The molecule has 0 atom stereocenters. The van der Waals surface area contributed by atoms with Crippen molar-refractivity contribution in [3.63, 3.8) is 0 Å². The summed E-state index contributed by atoms with van der Waals surface area (Å²) in [6.07, 6.45) is 1.02. The zero-order valence-electron chi connectivity index (χ0n) is 8.23. The predicted molar refractivity (Wildman–Crippen MR) is 62.3 cm³/mol. The molecule has 0 aliphatic heterocycles. The van der Waals surface area contributed by atoms with Crippen LogP contribution in [0.4, 0.5) is 0 Å². The average Bonchev–Trinajstić information content (AvgIpc) is 2.18. The number of hydrogen-bond donors (Lipinski definition) is 2. The van der Waals surface area contributed by atoms with E-state index in [9.17, 15) is 0 Å². The van der Waals surface area contributed by atoms with Crippen molar-refractivity contribution in [1.29, 1.82) is 0 Å². The van der Waals surface area contributed by atoms with Gasteiger partial charge in [-0.3, -0.25) is 5.01 Å². The Hall–Kier alpha value is -1.13. The summed E-state index contributed by atoms with van der Waals surface area (Å²) in [4.78, 5) is 0. The minimum Gasteiger partial charge on any atom is -0.375 e. The number of hydrazine groups is 1. The van der Waals surface area contributed by atoms with Crippen LogP contribution in [0.1, 0.15) is 18.1 Å². The molecule has 4 N–H and O–H groups in total. The molecule has 4 heteroatoms. The maximum atomic E-state index is 5.61. The minimum atomic E-state index is 0.215. The zero-order chi connectivity index (χ0) is 10.6. The fourth-order valence-electron chi connectivity index (χ4n) is 1.22. The molecule has 0 saturated heterocycles. The van der Waals surface area contributed by atoms with Crippen LogP contribution < -0.4 is 11.6 Å². The van der Waals surface area contributed by atoms with Gasteiger partial charge >= 0.3 is 0 Å². The summed E-state index contributed by atoms with van der Waals surface area (Å²) in [5.74, 6) is 5.61. The fraction of sp³-hybridized carbons (Fsp3) is 0.300. The summed E-state index contributed by atoms with van der Waals surface area (Å²) in [5.41, 5.74) is 7.80. The molecule has 0 saturated carbocycles. The normalized spacial score (nSPS) is 9.86. The van der Waals surface area contributed by atoms with Crippen molar-refractivity contribution in [3.8, 4) is 0 Å². The Bertz CT molecular complexity index is 325. The number of thiocarbonyl (C=S) groups is 1. The molecule has 1 aromatic carbocycles. The van der Waals surface area contributed by atoms with Gasteiger partial charge in [0.15, 0.2) is 5.11 Å². The van der Waals surface area contributed by atoms with Crippen LogP contribution in [0.3, 0.4) is 0 Å². The first-order chi connectivity index (χ1) is 6.63. The molecule has 0 aliphatic carbocycles.